The van der Waals surface area contributed by atoms with Crippen LogP contribution in [0.5, 0.6) is 0 Å². The van der Waals surface area contributed by atoms with Crippen molar-refractivity contribution in [2.24, 2.45) is 0 Å². The summed E-state index contributed by atoms with van der Waals surface area (Å²) in [6.07, 6.45) is 0. The Morgan fingerprint density at radius 3 is 2.31 bits per heavy atom. The molecule has 1 atom stereocenters. The van der Waals surface area contributed by atoms with Gasteiger partial charge >= 0.3 is 0 Å². The summed E-state index contributed by atoms with van der Waals surface area (Å²) in [6, 6.07) is 0. The van der Waals surface area contributed by atoms with E-state index in [9.17, 15) is 4.79 Å². The highest BCUT2D eigenvalue weighted by atomic mass is 35.5. The van der Waals surface area contributed by atoms with Crippen molar-refractivity contribution in [3.05, 3.63) is 0 Å². The molecule has 1 unspecified atom stereocenters. The number of alkyl halides is 1. The molecule has 16 heavy (non-hydrogen) atoms. The number of likely N-dealkylation sites (N-methyl/N-ethyl adjacent to an activating group) is 1. The molecule has 0 saturated carbocycles. The van der Waals surface area contributed by atoms with Crippen LogP contribution < -0.4 is 0 Å². The average molecular weight is 248 g/mol. The Morgan fingerprint density at radius 1 is 1.31 bits per heavy atom. The molecule has 0 radical (unpaired) electrons. The molecule has 0 bridgehead atoms. The van der Waals surface area contributed by atoms with Gasteiger partial charge in [0.25, 0.3) is 0 Å². The minimum atomic E-state index is -0.395. The molecule has 0 spiro atoms. The van der Waals surface area contributed by atoms with Gasteiger partial charge in [-0.1, -0.05) is 0 Å². The maximum Gasteiger partial charge on any atom is 0.240 e. The quantitative estimate of drug-likeness (QED) is 0.670. The van der Waals surface area contributed by atoms with Gasteiger partial charge in [-0.3, -0.25) is 9.69 Å². The van der Waals surface area contributed by atoms with E-state index in [4.69, 9.17) is 11.6 Å². The molecule has 0 aliphatic carbocycles. The molecule has 1 aliphatic rings. The molecule has 1 amide bonds. The van der Waals surface area contributed by atoms with E-state index >= 15 is 0 Å². The SMILES string of the molecule is CC(Cl)C(=O)N1CCN(CCN(C)C)CC1. The molecular formula is C11H22ClN3O. The van der Waals surface area contributed by atoms with Gasteiger partial charge in [0.15, 0.2) is 0 Å². The second kappa shape index (κ2) is 6.42. The summed E-state index contributed by atoms with van der Waals surface area (Å²) in [6.45, 7) is 7.42. The first-order valence-corrected chi connectivity index (χ1v) is 6.24. The van der Waals surface area contributed by atoms with Crippen molar-refractivity contribution >= 4 is 17.5 Å². The molecular weight excluding hydrogens is 226 g/mol. The number of carbonyl (C=O) groups is 1. The van der Waals surface area contributed by atoms with Crippen LogP contribution >= 0.6 is 11.6 Å². The van der Waals surface area contributed by atoms with Gasteiger partial charge in [-0.25, -0.2) is 0 Å². The van der Waals surface area contributed by atoms with Crippen LogP contribution in [0.25, 0.3) is 0 Å². The molecule has 1 aliphatic heterocycles. The molecule has 0 aromatic rings. The Hall–Kier alpha value is -0.320. The molecule has 1 rings (SSSR count). The van der Waals surface area contributed by atoms with Crippen molar-refractivity contribution < 1.29 is 4.79 Å². The highest BCUT2D eigenvalue weighted by molar-refractivity contribution is 6.30. The summed E-state index contributed by atoms with van der Waals surface area (Å²) >= 11 is 5.79. The Bertz CT molecular complexity index is 225. The zero-order valence-corrected chi connectivity index (χ0v) is 11.2. The maximum absolute atomic E-state index is 11.6. The number of piperazine rings is 1. The van der Waals surface area contributed by atoms with E-state index in [1.807, 2.05) is 4.90 Å². The number of hydrogen-bond donors (Lipinski definition) is 0. The van der Waals surface area contributed by atoms with Gasteiger partial charge in [0.1, 0.15) is 5.38 Å². The van der Waals surface area contributed by atoms with Crippen molar-refractivity contribution in [2.75, 3.05) is 53.4 Å². The minimum Gasteiger partial charge on any atom is -0.339 e. The highest BCUT2D eigenvalue weighted by Gasteiger charge is 2.23. The van der Waals surface area contributed by atoms with Crippen molar-refractivity contribution in [1.29, 1.82) is 0 Å². The summed E-state index contributed by atoms with van der Waals surface area (Å²) in [5, 5.41) is -0.395. The third kappa shape index (κ3) is 4.28. The van der Waals surface area contributed by atoms with Crippen LogP contribution in [0.15, 0.2) is 0 Å². The lowest BCUT2D eigenvalue weighted by molar-refractivity contribution is -0.132. The predicted molar refractivity (Wildman–Crippen MR) is 66.9 cm³/mol. The van der Waals surface area contributed by atoms with E-state index in [0.717, 1.165) is 39.3 Å². The lowest BCUT2D eigenvalue weighted by atomic mass is 10.3. The normalized spacial score (nSPS) is 20.2. The van der Waals surface area contributed by atoms with Crippen molar-refractivity contribution in [3.8, 4) is 0 Å². The van der Waals surface area contributed by atoms with Crippen LogP contribution in [-0.4, -0.2) is 79.3 Å². The van der Waals surface area contributed by atoms with Crippen molar-refractivity contribution in [3.63, 3.8) is 0 Å². The summed E-state index contributed by atoms with van der Waals surface area (Å²) in [7, 11) is 4.16. The predicted octanol–water partition coefficient (Wildman–Crippen LogP) is 0.320. The first kappa shape index (κ1) is 13.7. The molecule has 0 N–H and O–H groups in total. The van der Waals surface area contributed by atoms with E-state index in [0.29, 0.717) is 0 Å². The Morgan fingerprint density at radius 2 is 1.88 bits per heavy atom. The molecule has 0 aromatic carbocycles. The summed E-state index contributed by atoms with van der Waals surface area (Å²) in [4.78, 5) is 18.1. The highest BCUT2D eigenvalue weighted by Crippen LogP contribution is 2.06. The van der Waals surface area contributed by atoms with E-state index in [1.165, 1.54) is 0 Å². The third-order valence-electron chi connectivity index (χ3n) is 2.89. The second-order valence-electron chi connectivity index (χ2n) is 4.59. The monoisotopic (exact) mass is 247 g/mol. The van der Waals surface area contributed by atoms with E-state index < -0.39 is 5.38 Å². The van der Waals surface area contributed by atoms with Crippen molar-refractivity contribution in [1.82, 2.24) is 14.7 Å². The fourth-order valence-corrected chi connectivity index (χ4v) is 1.92. The number of hydrogen-bond acceptors (Lipinski definition) is 3. The zero-order chi connectivity index (χ0) is 12.1. The van der Waals surface area contributed by atoms with Crippen LogP contribution in [0, 0.1) is 0 Å². The topological polar surface area (TPSA) is 26.8 Å². The number of amides is 1. The standard InChI is InChI=1S/C11H22ClN3O/c1-10(12)11(16)15-8-6-14(7-9-15)5-4-13(2)3/h10H,4-9H2,1-3H3. The molecule has 1 heterocycles. The average Bonchev–Trinajstić information content (AvgIpc) is 2.26. The second-order valence-corrected chi connectivity index (χ2v) is 5.24. The first-order valence-electron chi connectivity index (χ1n) is 5.80. The Kier molecular flexibility index (Phi) is 5.52. The van der Waals surface area contributed by atoms with E-state index in [-0.39, 0.29) is 5.91 Å². The van der Waals surface area contributed by atoms with Crippen LogP contribution in [0.2, 0.25) is 0 Å². The van der Waals surface area contributed by atoms with Gasteiger partial charge in [-0.2, -0.15) is 0 Å². The number of nitrogens with zero attached hydrogens (tertiary/aromatic N) is 3. The number of rotatable bonds is 4. The molecule has 1 fully saturated rings. The Balaban J connectivity index is 2.26. The minimum absolute atomic E-state index is 0.0638. The number of halogens is 1. The van der Waals surface area contributed by atoms with Gasteiger partial charge in [0.05, 0.1) is 0 Å². The summed E-state index contributed by atoms with van der Waals surface area (Å²) in [5.74, 6) is 0.0638. The fourth-order valence-electron chi connectivity index (χ4n) is 1.78. The fraction of sp³-hybridized carbons (Fsp3) is 0.909. The van der Waals surface area contributed by atoms with E-state index in [2.05, 4.69) is 23.9 Å². The Labute approximate surface area is 103 Å². The van der Waals surface area contributed by atoms with Crippen LogP contribution in [0.4, 0.5) is 0 Å². The van der Waals surface area contributed by atoms with Gasteiger partial charge in [0.2, 0.25) is 5.91 Å². The van der Waals surface area contributed by atoms with Crippen LogP contribution in [-0.2, 0) is 4.79 Å². The molecule has 1 saturated heterocycles. The molecule has 4 nitrogen and oxygen atoms in total. The molecule has 0 aromatic heterocycles. The van der Waals surface area contributed by atoms with Crippen LogP contribution in [0.3, 0.4) is 0 Å². The smallest absolute Gasteiger partial charge is 0.240 e. The van der Waals surface area contributed by atoms with Crippen LogP contribution in [0.1, 0.15) is 6.92 Å². The summed E-state index contributed by atoms with van der Waals surface area (Å²) < 4.78 is 0. The van der Waals surface area contributed by atoms with Gasteiger partial charge in [-0.05, 0) is 21.0 Å². The lowest BCUT2D eigenvalue weighted by Gasteiger charge is -2.35. The summed E-state index contributed by atoms with van der Waals surface area (Å²) in [5.41, 5.74) is 0. The van der Waals surface area contributed by atoms with Crippen molar-refractivity contribution in [2.45, 2.75) is 12.3 Å². The largest absolute Gasteiger partial charge is 0.339 e. The lowest BCUT2D eigenvalue weighted by Crippen LogP contribution is -2.51. The molecule has 94 valence electrons. The third-order valence-corrected chi connectivity index (χ3v) is 3.07. The van der Waals surface area contributed by atoms with Gasteiger partial charge < -0.3 is 9.80 Å². The van der Waals surface area contributed by atoms with E-state index in [1.54, 1.807) is 6.92 Å². The zero-order valence-electron chi connectivity index (χ0n) is 10.4. The van der Waals surface area contributed by atoms with Gasteiger partial charge in [-0.15, -0.1) is 11.6 Å². The number of carbonyl (C=O) groups excluding carboxylic acids is 1. The maximum atomic E-state index is 11.6. The first-order chi connectivity index (χ1) is 7.50. The molecule has 5 heteroatoms. The van der Waals surface area contributed by atoms with Gasteiger partial charge in [0, 0.05) is 39.3 Å².